The van der Waals surface area contributed by atoms with Crippen molar-refractivity contribution >= 4 is 22.2 Å². The molecule has 1 aliphatic rings. The van der Waals surface area contributed by atoms with Crippen LogP contribution in [0, 0.1) is 0 Å². The van der Waals surface area contributed by atoms with Crippen molar-refractivity contribution in [3.05, 3.63) is 30.2 Å². The molecule has 6 nitrogen and oxygen atoms in total. The maximum absolute atomic E-state index is 11.4. The van der Waals surface area contributed by atoms with E-state index in [1.165, 1.54) is 6.26 Å². The van der Waals surface area contributed by atoms with Gasteiger partial charge in [0, 0.05) is 18.4 Å². The molecule has 1 fully saturated rings. The number of halogens is 1. The van der Waals surface area contributed by atoms with E-state index in [1.54, 1.807) is 24.3 Å². The van der Waals surface area contributed by atoms with Crippen LogP contribution < -0.4 is 5.32 Å². The quantitative estimate of drug-likeness (QED) is 0.921. The van der Waals surface area contributed by atoms with Gasteiger partial charge < -0.3 is 9.84 Å². The second kappa shape index (κ2) is 6.13. The molecule has 3 rings (SSSR count). The molecule has 0 spiro atoms. The molecule has 0 bridgehead atoms. The lowest BCUT2D eigenvalue weighted by molar-refractivity contribution is 0.359. The molecule has 0 radical (unpaired) electrons. The van der Waals surface area contributed by atoms with Gasteiger partial charge in [0.25, 0.3) is 0 Å². The fourth-order valence-electron chi connectivity index (χ4n) is 2.23. The van der Waals surface area contributed by atoms with E-state index in [9.17, 15) is 8.42 Å². The monoisotopic (exact) mass is 329 g/mol. The Hall–Kier alpha value is -1.44. The molecular weight excluding hydrogens is 314 g/mol. The largest absolute Gasteiger partial charge is 0.339 e. The fraction of sp³-hybridized carbons (Fsp3) is 0.385. The lowest BCUT2D eigenvalue weighted by atomic mass is 10.1. The van der Waals surface area contributed by atoms with Crippen LogP contribution in [0.25, 0.3) is 11.4 Å². The number of hydrogen-bond donors (Lipinski definition) is 1. The van der Waals surface area contributed by atoms with E-state index >= 15 is 0 Å². The first kappa shape index (κ1) is 15.9. The third-order valence-corrected chi connectivity index (χ3v) is 4.52. The van der Waals surface area contributed by atoms with Crippen LogP contribution in [0.4, 0.5) is 0 Å². The van der Waals surface area contributed by atoms with Crippen molar-refractivity contribution < 1.29 is 12.9 Å². The summed E-state index contributed by atoms with van der Waals surface area (Å²) in [6.45, 7) is 1.82. The number of nitrogens with zero attached hydrogens (tertiary/aromatic N) is 2. The number of hydrogen-bond acceptors (Lipinski definition) is 6. The molecule has 2 heterocycles. The Morgan fingerprint density at radius 2 is 2.00 bits per heavy atom. The molecule has 0 saturated carbocycles. The molecule has 1 aromatic heterocycles. The predicted molar refractivity (Wildman–Crippen MR) is 80.3 cm³/mol. The van der Waals surface area contributed by atoms with Crippen molar-refractivity contribution in [2.75, 3.05) is 19.3 Å². The van der Waals surface area contributed by atoms with Gasteiger partial charge in [-0.25, -0.2) is 8.42 Å². The Morgan fingerprint density at radius 3 is 2.57 bits per heavy atom. The Kier molecular flexibility index (Phi) is 4.65. The van der Waals surface area contributed by atoms with Crippen molar-refractivity contribution in [1.82, 2.24) is 15.5 Å². The van der Waals surface area contributed by atoms with Gasteiger partial charge in [0.1, 0.15) is 0 Å². The van der Waals surface area contributed by atoms with Crippen LogP contribution in [0.2, 0.25) is 0 Å². The highest BCUT2D eigenvalue weighted by Crippen LogP contribution is 2.24. The van der Waals surface area contributed by atoms with Gasteiger partial charge in [-0.1, -0.05) is 5.16 Å². The summed E-state index contributed by atoms with van der Waals surface area (Å²) in [5.74, 6) is 1.40. The summed E-state index contributed by atoms with van der Waals surface area (Å²) < 4.78 is 28.1. The van der Waals surface area contributed by atoms with E-state index in [0.717, 1.165) is 25.1 Å². The second-order valence-electron chi connectivity index (χ2n) is 4.94. The second-order valence-corrected chi connectivity index (χ2v) is 6.96. The SMILES string of the molecule is CS(=O)(=O)c1ccc(-c2noc([C@H]3CCNC3)n2)cc1.Cl. The van der Waals surface area contributed by atoms with Gasteiger partial charge >= 0.3 is 0 Å². The van der Waals surface area contributed by atoms with Gasteiger partial charge in [0.15, 0.2) is 9.84 Å². The number of benzene rings is 1. The van der Waals surface area contributed by atoms with Crippen molar-refractivity contribution in [3.63, 3.8) is 0 Å². The molecule has 2 aromatic rings. The van der Waals surface area contributed by atoms with Gasteiger partial charge in [0.2, 0.25) is 11.7 Å². The van der Waals surface area contributed by atoms with Gasteiger partial charge in [-0.2, -0.15) is 4.98 Å². The third kappa shape index (κ3) is 3.42. The molecule has 21 heavy (non-hydrogen) atoms. The summed E-state index contributed by atoms with van der Waals surface area (Å²) in [5.41, 5.74) is 0.748. The van der Waals surface area contributed by atoms with Crippen molar-refractivity contribution in [1.29, 1.82) is 0 Å². The highest BCUT2D eigenvalue weighted by atomic mass is 35.5. The van der Waals surface area contributed by atoms with E-state index in [2.05, 4.69) is 15.5 Å². The summed E-state index contributed by atoms with van der Waals surface area (Å²) in [7, 11) is -3.18. The van der Waals surface area contributed by atoms with E-state index < -0.39 is 9.84 Å². The molecule has 1 aromatic carbocycles. The Balaban J connectivity index is 0.00000161. The van der Waals surface area contributed by atoms with Gasteiger partial charge in [-0.05, 0) is 37.2 Å². The summed E-state index contributed by atoms with van der Waals surface area (Å²) >= 11 is 0. The van der Waals surface area contributed by atoms with Crippen LogP contribution in [-0.2, 0) is 9.84 Å². The minimum absolute atomic E-state index is 0. The first-order valence-electron chi connectivity index (χ1n) is 6.39. The number of nitrogens with one attached hydrogen (secondary N) is 1. The van der Waals surface area contributed by atoms with Crippen LogP contribution >= 0.6 is 12.4 Å². The number of sulfone groups is 1. The van der Waals surface area contributed by atoms with Crippen molar-refractivity contribution in [2.45, 2.75) is 17.2 Å². The minimum atomic E-state index is -3.18. The first-order chi connectivity index (χ1) is 9.54. The zero-order valence-electron chi connectivity index (χ0n) is 11.4. The molecule has 0 unspecified atom stereocenters. The smallest absolute Gasteiger partial charge is 0.231 e. The maximum atomic E-state index is 11.4. The molecule has 1 aliphatic heterocycles. The summed E-state index contributed by atoms with van der Waals surface area (Å²) in [4.78, 5) is 4.67. The van der Waals surface area contributed by atoms with E-state index in [-0.39, 0.29) is 23.2 Å². The van der Waals surface area contributed by atoms with Crippen LogP contribution in [0.5, 0.6) is 0 Å². The molecule has 0 aliphatic carbocycles. The molecule has 114 valence electrons. The van der Waals surface area contributed by atoms with Crippen LogP contribution in [0.3, 0.4) is 0 Å². The molecule has 1 N–H and O–H groups in total. The van der Waals surface area contributed by atoms with Crippen LogP contribution in [0.1, 0.15) is 18.2 Å². The summed E-state index contributed by atoms with van der Waals surface area (Å²) in [6, 6.07) is 6.49. The van der Waals surface area contributed by atoms with Gasteiger partial charge in [-0.15, -0.1) is 12.4 Å². The topological polar surface area (TPSA) is 85.1 Å². The highest BCUT2D eigenvalue weighted by Gasteiger charge is 2.23. The lowest BCUT2D eigenvalue weighted by Crippen LogP contribution is -2.08. The number of rotatable bonds is 3. The highest BCUT2D eigenvalue weighted by molar-refractivity contribution is 7.90. The Labute approximate surface area is 129 Å². The number of aromatic nitrogens is 2. The Bertz CT molecular complexity index is 707. The summed E-state index contributed by atoms with van der Waals surface area (Å²) in [6.07, 6.45) is 2.18. The van der Waals surface area contributed by atoms with Crippen LogP contribution in [-0.4, -0.2) is 37.9 Å². The molecule has 1 saturated heterocycles. The zero-order chi connectivity index (χ0) is 14.2. The molecule has 1 atom stereocenters. The van der Waals surface area contributed by atoms with E-state index in [4.69, 9.17) is 4.52 Å². The molecule has 0 amide bonds. The maximum Gasteiger partial charge on any atom is 0.231 e. The molecular formula is C13H16ClN3O3S. The standard InChI is InChI=1S/C13H15N3O3S.ClH/c1-20(17,18)11-4-2-9(3-5-11)12-15-13(19-16-12)10-6-7-14-8-10;/h2-5,10,14H,6-8H2,1H3;1H/t10-;/m0./s1. The summed E-state index contributed by atoms with van der Waals surface area (Å²) in [5, 5.41) is 7.21. The average Bonchev–Trinajstić information content (AvgIpc) is 3.09. The van der Waals surface area contributed by atoms with Crippen molar-refractivity contribution in [2.24, 2.45) is 0 Å². The zero-order valence-corrected chi connectivity index (χ0v) is 13.1. The first-order valence-corrected chi connectivity index (χ1v) is 8.28. The van der Waals surface area contributed by atoms with Gasteiger partial charge in [-0.3, -0.25) is 0 Å². The third-order valence-electron chi connectivity index (χ3n) is 3.39. The van der Waals surface area contributed by atoms with E-state index in [1.807, 2.05) is 0 Å². The lowest BCUT2D eigenvalue weighted by Gasteiger charge is -1.99. The fourth-order valence-corrected chi connectivity index (χ4v) is 2.87. The molecule has 8 heteroatoms. The van der Waals surface area contributed by atoms with Gasteiger partial charge in [0.05, 0.1) is 10.8 Å². The van der Waals surface area contributed by atoms with Crippen LogP contribution in [0.15, 0.2) is 33.7 Å². The predicted octanol–water partition coefficient (Wildman–Crippen LogP) is 1.64. The normalized spacial score (nSPS) is 18.4. The minimum Gasteiger partial charge on any atom is -0.339 e. The van der Waals surface area contributed by atoms with E-state index in [0.29, 0.717) is 11.7 Å². The van der Waals surface area contributed by atoms with Crippen molar-refractivity contribution in [3.8, 4) is 11.4 Å². The average molecular weight is 330 g/mol. The Morgan fingerprint density at radius 1 is 1.29 bits per heavy atom.